The molecule has 0 aliphatic carbocycles. The Labute approximate surface area is 102 Å². The summed E-state index contributed by atoms with van der Waals surface area (Å²) in [5, 5.41) is 3.55. The molecular formula is C12H11N5O. The Hall–Kier alpha value is -2.76. The summed E-state index contributed by atoms with van der Waals surface area (Å²) in [6.07, 6.45) is 3.21. The van der Waals surface area contributed by atoms with E-state index in [-0.39, 0.29) is 5.91 Å². The average molecular weight is 241 g/mol. The van der Waals surface area contributed by atoms with Crippen molar-refractivity contribution < 1.29 is 4.79 Å². The molecule has 3 rings (SSSR count). The number of nitrogens with two attached hydrogens (primary N) is 1. The van der Waals surface area contributed by atoms with E-state index in [9.17, 15) is 4.79 Å². The molecule has 0 saturated heterocycles. The number of hydrogen-bond acceptors (Lipinski definition) is 3. The van der Waals surface area contributed by atoms with Gasteiger partial charge in [-0.15, -0.1) is 0 Å². The highest BCUT2D eigenvalue weighted by Gasteiger charge is 2.10. The van der Waals surface area contributed by atoms with Crippen LogP contribution in [0.25, 0.3) is 10.9 Å². The zero-order chi connectivity index (χ0) is 12.5. The summed E-state index contributed by atoms with van der Waals surface area (Å²) in [5.41, 5.74) is 7.69. The molecule has 0 aliphatic heterocycles. The van der Waals surface area contributed by atoms with Gasteiger partial charge in [-0.3, -0.25) is 10.1 Å². The molecule has 0 radical (unpaired) electrons. The van der Waals surface area contributed by atoms with E-state index in [0.717, 1.165) is 10.9 Å². The molecule has 90 valence electrons. The topological polar surface area (TPSA) is 99.6 Å². The minimum atomic E-state index is -0.250. The number of hydrogen-bond donors (Lipinski definition) is 4. The molecule has 0 aliphatic rings. The van der Waals surface area contributed by atoms with Crippen LogP contribution in [0, 0.1) is 0 Å². The van der Waals surface area contributed by atoms with E-state index in [1.54, 1.807) is 24.5 Å². The Morgan fingerprint density at radius 2 is 2.22 bits per heavy atom. The Kier molecular flexibility index (Phi) is 2.26. The fourth-order valence-electron chi connectivity index (χ4n) is 1.78. The van der Waals surface area contributed by atoms with Crippen LogP contribution in [-0.2, 0) is 0 Å². The standard InChI is InChI=1S/C12H11N5O/c13-8-1-2-9-7(5-8)6-10(16-9)11(18)17-12-14-3-4-15-12/h1-6,16H,13H2,(H2,14,15,17,18). The number of H-pyrrole nitrogens is 2. The van der Waals surface area contributed by atoms with Crippen LogP contribution in [0.2, 0.25) is 0 Å². The fraction of sp³-hybridized carbons (Fsp3) is 0. The quantitative estimate of drug-likeness (QED) is 0.514. The molecule has 18 heavy (non-hydrogen) atoms. The third-order valence-electron chi connectivity index (χ3n) is 2.62. The third-order valence-corrected chi connectivity index (χ3v) is 2.62. The van der Waals surface area contributed by atoms with E-state index < -0.39 is 0 Å². The number of aromatic nitrogens is 3. The highest BCUT2D eigenvalue weighted by Crippen LogP contribution is 2.18. The molecule has 5 N–H and O–H groups in total. The molecular weight excluding hydrogens is 230 g/mol. The van der Waals surface area contributed by atoms with E-state index in [1.165, 1.54) is 0 Å². The number of carbonyl (C=O) groups excluding carboxylic acids is 1. The largest absolute Gasteiger partial charge is 0.399 e. The summed E-state index contributed by atoms with van der Waals surface area (Å²) < 4.78 is 0. The van der Waals surface area contributed by atoms with Crippen molar-refractivity contribution in [3.63, 3.8) is 0 Å². The maximum atomic E-state index is 11.9. The van der Waals surface area contributed by atoms with Crippen LogP contribution in [0.1, 0.15) is 10.5 Å². The number of nitrogens with one attached hydrogen (secondary N) is 3. The van der Waals surface area contributed by atoms with E-state index in [1.807, 2.05) is 12.1 Å². The van der Waals surface area contributed by atoms with Gasteiger partial charge >= 0.3 is 0 Å². The van der Waals surface area contributed by atoms with E-state index >= 15 is 0 Å². The lowest BCUT2D eigenvalue weighted by Gasteiger charge is -1.98. The molecule has 0 spiro atoms. The number of anilines is 2. The zero-order valence-corrected chi connectivity index (χ0v) is 9.40. The zero-order valence-electron chi connectivity index (χ0n) is 9.40. The highest BCUT2D eigenvalue weighted by atomic mass is 16.2. The van der Waals surface area contributed by atoms with Crippen molar-refractivity contribution >= 4 is 28.4 Å². The summed E-state index contributed by atoms with van der Waals surface area (Å²) in [6, 6.07) is 7.20. The SMILES string of the molecule is Nc1ccc2[nH]c(C(=O)Nc3ncc[nH]3)cc2c1. The van der Waals surface area contributed by atoms with Crippen LogP contribution in [0.5, 0.6) is 0 Å². The van der Waals surface area contributed by atoms with Crippen molar-refractivity contribution in [3.05, 3.63) is 42.4 Å². The van der Waals surface area contributed by atoms with Gasteiger partial charge in [-0.1, -0.05) is 0 Å². The van der Waals surface area contributed by atoms with Crippen molar-refractivity contribution in [2.24, 2.45) is 0 Å². The Morgan fingerprint density at radius 1 is 1.33 bits per heavy atom. The first kappa shape index (κ1) is 10.4. The number of amides is 1. The predicted octanol–water partition coefficient (Wildman–Crippen LogP) is 1.73. The molecule has 0 atom stereocenters. The summed E-state index contributed by atoms with van der Waals surface area (Å²) in [7, 11) is 0. The monoisotopic (exact) mass is 241 g/mol. The van der Waals surface area contributed by atoms with Crippen LogP contribution in [-0.4, -0.2) is 20.9 Å². The lowest BCUT2D eigenvalue weighted by Crippen LogP contribution is -2.13. The van der Waals surface area contributed by atoms with Gasteiger partial charge in [-0.25, -0.2) is 4.98 Å². The Bertz CT molecular complexity index is 698. The maximum Gasteiger partial charge on any atom is 0.274 e. The first-order valence-corrected chi connectivity index (χ1v) is 5.41. The Morgan fingerprint density at radius 3 is 3.00 bits per heavy atom. The van der Waals surface area contributed by atoms with E-state index in [4.69, 9.17) is 5.73 Å². The number of benzene rings is 1. The average Bonchev–Trinajstić information content (AvgIpc) is 2.96. The second-order valence-corrected chi connectivity index (χ2v) is 3.92. The molecule has 0 unspecified atom stereocenters. The number of rotatable bonds is 2. The van der Waals surface area contributed by atoms with Crippen molar-refractivity contribution in [3.8, 4) is 0 Å². The van der Waals surface area contributed by atoms with Crippen molar-refractivity contribution in [2.45, 2.75) is 0 Å². The van der Waals surface area contributed by atoms with Crippen LogP contribution in [0.15, 0.2) is 36.7 Å². The van der Waals surface area contributed by atoms with Gasteiger partial charge in [0.25, 0.3) is 5.91 Å². The number of aromatic amines is 2. The van der Waals surface area contributed by atoms with Gasteiger partial charge in [-0.2, -0.15) is 0 Å². The van der Waals surface area contributed by atoms with Crippen LogP contribution < -0.4 is 11.1 Å². The minimum Gasteiger partial charge on any atom is -0.399 e. The number of fused-ring (bicyclic) bond motifs is 1. The highest BCUT2D eigenvalue weighted by molar-refractivity contribution is 6.05. The molecule has 1 amide bonds. The first-order chi connectivity index (χ1) is 8.72. The van der Waals surface area contributed by atoms with Crippen LogP contribution in [0.3, 0.4) is 0 Å². The summed E-state index contributed by atoms with van der Waals surface area (Å²) in [6.45, 7) is 0. The molecule has 6 heteroatoms. The van der Waals surface area contributed by atoms with Crippen LogP contribution >= 0.6 is 0 Å². The van der Waals surface area contributed by atoms with E-state index in [0.29, 0.717) is 17.3 Å². The van der Waals surface area contributed by atoms with Gasteiger partial charge in [0.1, 0.15) is 5.69 Å². The van der Waals surface area contributed by atoms with Gasteiger partial charge in [0.15, 0.2) is 0 Å². The second kappa shape index (κ2) is 3.92. The van der Waals surface area contributed by atoms with Gasteiger partial charge in [0.05, 0.1) is 0 Å². The second-order valence-electron chi connectivity index (χ2n) is 3.92. The lowest BCUT2D eigenvalue weighted by molar-refractivity contribution is 0.102. The fourth-order valence-corrected chi connectivity index (χ4v) is 1.78. The summed E-state index contributed by atoms with van der Waals surface area (Å²) >= 11 is 0. The normalized spacial score (nSPS) is 10.7. The summed E-state index contributed by atoms with van der Waals surface area (Å²) in [5.74, 6) is 0.165. The molecule has 2 aromatic heterocycles. The number of nitrogens with zero attached hydrogens (tertiary/aromatic N) is 1. The van der Waals surface area contributed by atoms with Crippen molar-refractivity contribution in [2.75, 3.05) is 11.1 Å². The van der Waals surface area contributed by atoms with Crippen molar-refractivity contribution in [1.29, 1.82) is 0 Å². The smallest absolute Gasteiger partial charge is 0.274 e. The van der Waals surface area contributed by atoms with Crippen molar-refractivity contribution in [1.82, 2.24) is 15.0 Å². The molecule has 1 aromatic carbocycles. The molecule has 0 saturated carbocycles. The van der Waals surface area contributed by atoms with Gasteiger partial charge < -0.3 is 15.7 Å². The first-order valence-electron chi connectivity index (χ1n) is 5.41. The molecule has 0 bridgehead atoms. The Balaban J connectivity index is 1.92. The van der Waals surface area contributed by atoms with Gasteiger partial charge in [0, 0.05) is 29.0 Å². The minimum absolute atomic E-state index is 0.250. The number of imidazole rings is 1. The summed E-state index contributed by atoms with van der Waals surface area (Å²) in [4.78, 5) is 21.7. The third kappa shape index (κ3) is 1.80. The van der Waals surface area contributed by atoms with Gasteiger partial charge in [0.2, 0.25) is 5.95 Å². The number of carbonyl (C=O) groups is 1. The molecule has 2 heterocycles. The van der Waals surface area contributed by atoms with Gasteiger partial charge in [-0.05, 0) is 24.3 Å². The molecule has 0 fully saturated rings. The predicted molar refractivity (Wildman–Crippen MR) is 69.3 cm³/mol. The number of nitrogen functional groups attached to an aromatic ring is 1. The molecule has 6 nitrogen and oxygen atoms in total. The van der Waals surface area contributed by atoms with Crippen LogP contribution in [0.4, 0.5) is 11.6 Å². The molecule has 3 aromatic rings. The maximum absolute atomic E-state index is 11.9. The van der Waals surface area contributed by atoms with E-state index in [2.05, 4.69) is 20.3 Å². The lowest BCUT2D eigenvalue weighted by atomic mass is 10.2.